The summed E-state index contributed by atoms with van der Waals surface area (Å²) in [4.78, 5) is 25.3. The van der Waals surface area contributed by atoms with Crippen LogP contribution in [0, 0.1) is 0 Å². The lowest BCUT2D eigenvalue weighted by Gasteiger charge is -2.21. The lowest BCUT2D eigenvalue weighted by atomic mass is 10.1. The van der Waals surface area contributed by atoms with E-state index < -0.39 is 0 Å². The Hall–Kier alpha value is -1.55. The fraction of sp³-hybridized carbons (Fsp3) is 0.467. The highest BCUT2D eigenvalue weighted by molar-refractivity contribution is 6.31. The summed E-state index contributed by atoms with van der Waals surface area (Å²) in [5, 5.41) is 0.563. The summed E-state index contributed by atoms with van der Waals surface area (Å²) < 4.78 is 4.88. The van der Waals surface area contributed by atoms with E-state index in [2.05, 4.69) is 0 Å². The molecule has 0 saturated carbocycles. The van der Waals surface area contributed by atoms with Gasteiger partial charge in [-0.25, -0.2) is 0 Å². The molecule has 0 bridgehead atoms. The second-order valence-electron chi connectivity index (χ2n) is 4.39. The van der Waals surface area contributed by atoms with Gasteiger partial charge in [-0.05, 0) is 25.0 Å². The molecule has 20 heavy (non-hydrogen) atoms. The molecule has 0 radical (unpaired) electrons. The number of benzene rings is 1. The van der Waals surface area contributed by atoms with Crippen LogP contribution in [0.1, 0.15) is 25.8 Å². The van der Waals surface area contributed by atoms with Gasteiger partial charge in [-0.3, -0.25) is 9.59 Å². The van der Waals surface area contributed by atoms with Gasteiger partial charge in [0.25, 0.3) is 0 Å². The summed E-state index contributed by atoms with van der Waals surface area (Å²) in [5.41, 5.74) is 0.768. The molecular formula is C15H20ClNO3. The second-order valence-corrected chi connectivity index (χ2v) is 4.80. The van der Waals surface area contributed by atoms with Crippen molar-refractivity contribution in [3.63, 3.8) is 0 Å². The molecule has 0 unspecified atom stereocenters. The van der Waals surface area contributed by atoms with Crippen molar-refractivity contribution in [2.75, 3.05) is 19.7 Å². The van der Waals surface area contributed by atoms with E-state index in [0.29, 0.717) is 18.2 Å². The highest BCUT2D eigenvalue weighted by atomic mass is 35.5. The van der Waals surface area contributed by atoms with Gasteiger partial charge < -0.3 is 9.64 Å². The van der Waals surface area contributed by atoms with Gasteiger partial charge in [0.2, 0.25) is 5.91 Å². The molecular weight excluding hydrogens is 278 g/mol. The summed E-state index contributed by atoms with van der Waals surface area (Å²) in [6, 6.07) is 7.22. The van der Waals surface area contributed by atoms with E-state index >= 15 is 0 Å². The first-order valence-electron chi connectivity index (χ1n) is 6.75. The molecule has 110 valence electrons. The van der Waals surface area contributed by atoms with Crippen LogP contribution in [-0.4, -0.2) is 36.5 Å². The molecule has 0 spiro atoms. The second kappa shape index (κ2) is 8.59. The number of esters is 1. The van der Waals surface area contributed by atoms with Crippen molar-refractivity contribution in [2.45, 2.75) is 26.7 Å². The highest BCUT2D eigenvalue weighted by Crippen LogP contribution is 2.16. The lowest BCUT2D eigenvalue weighted by Crippen LogP contribution is -2.38. The van der Waals surface area contributed by atoms with Crippen molar-refractivity contribution >= 4 is 23.5 Å². The molecule has 0 atom stereocenters. The van der Waals surface area contributed by atoms with E-state index in [1.165, 1.54) is 4.90 Å². The predicted molar refractivity (Wildman–Crippen MR) is 78.7 cm³/mol. The monoisotopic (exact) mass is 297 g/mol. The van der Waals surface area contributed by atoms with E-state index in [9.17, 15) is 9.59 Å². The molecule has 5 heteroatoms. The average Bonchev–Trinajstić information content (AvgIpc) is 2.41. The van der Waals surface area contributed by atoms with Crippen molar-refractivity contribution in [1.29, 1.82) is 0 Å². The molecule has 0 N–H and O–H groups in total. The van der Waals surface area contributed by atoms with E-state index in [1.54, 1.807) is 13.0 Å². The van der Waals surface area contributed by atoms with E-state index in [1.807, 2.05) is 25.1 Å². The van der Waals surface area contributed by atoms with Gasteiger partial charge in [-0.15, -0.1) is 0 Å². The summed E-state index contributed by atoms with van der Waals surface area (Å²) in [5.74, 6) is -0.499. The number of carbonyl (C=O) groups excluding carboxylic acids is 2. The van der Waals surface area contributed by atoms with Crippen LogP contribution in [0.3, 0.4) is 0 Å². The Labute approximate surface area is 124 Å². The number of rotatable bonds is 7. The van der Waals surface area contributed by atoms with Gasteiger partial charge in [0.1, 0.15) is 6.54 Å². The number of ether oxygens (including phenoxy) is 1. The van der Waals surface area contributed by atoms with Crippen LogP contribution < -0.4 is 0 Å². The molecule has 0 saturated heterocycles. The maximum atomic E-state index is 12.3. The van der Waals surface area contributed by atoms with E-state index in [0.717, 1.165) is 12.0 Å². The first kappa shape index (κ1) is 16.5. The molecule has 0 fully saturated rings. The third-order valence-electron chi connectivity index (χ3n) is 2.77. The van der Waals surface area contributed by atoms with Crippen LogP contribution in [0.25, 0.3) is 0 Å². The largest absolute Gasteiger partial charge is 0.465 e. The lowest BCUT2D eigenvalue weighted by molar-refractivity contribution is -0.148. The van der Waals surface area contributed by atoms with Gasteiger partial charge in [-0.2, -0.15) is 0 Å². The summed E-state index contributed by atoms with van der Waals surface area (Å²) in [7, 11) is 0. The number of nitrogens with zero attached hydrogens (tertiary/aromatic N) is 1. The first-order valence-corrected chi connectivity index (χ1v) is 7.13. The predicted octanol–water partition coefficient (Wildman–Crippen LogP) is 2.68. The smallest absolute Gasteiger partial charge is 0.325 e. The van der Waals surface area contributed by atoms with Crippen LogP contribution in [0.4, 0.5) is 0 Å². The Morgan fingerprint density at radius 3 is 2.55 bits per heavy atom. The number of amides is 1. The summed E-state index contributed by atoms with van der Waals surface area (Å²) in [6.07, 6.45) is 0.979. The molecule has 0 aliphatic rings. The molecule has 1 aromatic carbocycles. The van der Waals surface area contributed by atoms with Crippen LogP contribution >= 0.6 is 11.6 Å². The van der Waals surface area contributed by atoms with E-state index in [-0.39, 0.29) is 24.8 Å². The fourth-order valence-electron chi connectivity index (χ4n) is 1.84. The Balaban J connectivity index is 2.69. The number of carbonyl (C=O) groups is 2. The highest BCUT2D eigenvalue weighted by Gasteiger charge is 2.18. The maximum absolute atomic E-state index is 12.3. The van der Waals surface area contributed by atoms with Crippen LogP contribution in [0.5, 0.6) is 0 Å². The first-order chi connectivity index (χ1) is 9.58. The normalized spacial score (nSPS) is 10.2. The molecule has 0 aliphatic heterocycles. The Morgan fingerprint density at radius 2 is 1.95 bits per heavy atom. The number of hydrogen-bond acceptors (Lipinski definition) is 3. The van der Waals surface area contributed by atoms with Gasteiger partial charge in [-0.1, -0.05) is 36.7 Å². The van der Waals surface area contributed by atoms with Gasteiger partial charge in [0.15, 0.2) is 0 Å². The summed E-state index contributed by atoms with van der Waals surface area (Å²) >= 11 is 6.04. The van der Waals surface area contributed by atoms with Crippen molar-refractivity contribution in [2.24, 2.45) is 0 Å². The van der Waals surface area contributed by atoms with Gasteiger partial charge in [0, 0.05) is 11.6 Å². The van der Waals surface area contributed by atoms with Crippen LogP contribution in [-0.2, 0) is 20.7 Å². The average molecular weight is 298 g/mol. The van der Waals surface area contributed by atoms with Crippen LogP contribution in [0.15, 0.2) is 24.3 Å². The quantitative estimate of drug-likeness (QED) is 0.727. The molecule has 0 aromatic heterocycles. The number of halogens is 1. The molecule has 1 aromatic rings. The van der Waals surface area contributed by atoms with Crippen molar-refractivity contribution in [3.05, 3.63) is 34.9 Å². The Morgan fingerprint density at radius 1 is 1.25 bits per heavy atom. The minimum absolute atomic E-state index is 0.00896. The fourth-order valence-corrected chi connectivity index (χ4v) is 2.04. The third kappa shape index (κ3) is 5.21. The Bertz CT molecular complexity index is 462. The van der Waals surface area contributed by atoms with Gasteiger partial charge >= 0.3 is 5.97 Å². The van der Waals surface area contributed by atoms with Crippen molar-refractivity contribution in [3.8, 4) is 0 Å². The van der Waals surface area contributed by atoms with Crippen LogP contribution in [0.2, 0.25) is 5.02 Å². The van der Waals surface area contributed by atoms with Crippen molar-refractivity contribution in [1.82, 2.24) is 4.90 Å². The molecule has 1 rings (SSSR count). The zero-order valence-corrected chi connectivity index (χ0v) is 12.7. The Kier molecular flexibility index (Phi) is 7.09. The zero-order chi connectivity index (χ0) is 15.0. The molecule has 4 nitrogen and oxygen atoms in total. The SMILES string of the molecule is CCCN(CC(=O)OCC)C(=O)Cc1ccccc1Cl. The minimum Gasteiger partial charge on any atom is -0.465 e. The standard InChI is InChI=1S/C15H20ClNO3/c1-3-9-17(11-15(19)20-4-2)14(18)10-12-7-5-6-8-13(12)16/h5-8H,3-4,9-11H2,1-2H3. The molecule has 1 amide bonds. The molecule has 0 aliphatic carbocycles. The maximum Gasteiger partial charge on any atom is 0.325 e. The van der Waals surface area contributed by atoms with Crippen molar-refractivity contribution < 1.29 is 14.3 Å². The minimum atomic E-state index is -0.381. The summed E-state index contributed by atoms with van der Waals surface area (Å²) in [6.45, 7) is 4.54. The topological polar surface area (TPSA) is 46.6 Å². The van der Waals surface area contributed by atoms with E-state index in [4.69, 9.17) is 16.3 Å². The van der Waals surface area contributed by atoms with Gasteiger partial charge in [0.05, 0.1) is 13.0 Å². The third-order valence-corrected chi connectivity index (χ3v) is 3.14. The number of hydrogen-bond donors (Lipinski definition) is 0. The molecule has 0 heterocycles. The zero-order valence-electron chi connectivity index (χ0n) is 11.9.